The standard InChI is InChI=1S/C12H17NO2S/c1-9-3-4-11(7-10(9)2)16-8-12(15)13-5-6-14/h3-4,7,14H,5-6,8H2,1-2H3,(H,13,15). The average Bonchev–Trinajstić information content (AvgIpc) is 2.28. The summed E-state index contributed by atoms with van der Waals surface area (Å²) in [7, 11) is 0. The number of nitrogens with one attached hydrogen (secondary N) is 1. The average molecular weight is 239 g/mol. The molecule has 1 rings (SSSR count). The number of benzene rings is 1. The number of rotatable bonds is 5. The quantitative estimate of drug-likeness (QED) is 0.766. The van der Waals surface area contributed by atoms with Crippen LogP contribution in [0.4, 0.5) is 0 Å². The summed E-state index contributed by atoms with van der Waals surface area (Å²) in [5.74, 6) is 0.347. The molecule has 0 aliphatic heterocycles. The Morgan fingerprint density at radius 2 is 2.12 bits per heavy atom. The van der Waals surface area contributed by atoms with Gasteiger partial charge in [-0.05, 0) is 37.1 Å². The van der Waals surface area contributed by atoms with E-state index >= 15 is 0 Å². The van der Waals surface area contributed by atoms with Crippen molar-refractivity contribution in [3.05, 3.63) is 29.3 Å². The van der Waals surface area contributed by atoms with Crippen LogP contribution in [0, 0.1) is 13.8 Å². The largest absolute Gasteiger partial charge is 0.395 e. The molecule has 0 unspecified atom stereocenters. The second-order valence-corrected chi connectivity index (χ2v) is 4.66. The third-order valence-corrected chi connectivity index (χ3v) is 3.28. The van der Waals surface area contributed by atoms with E-state index in [4.69, 9.17) is 5.11 Å². The minimum atomic E-state index is -0.0442. The molecule has 0 fully saturated rings. The minimum absolute atomic E-state index is 0.0138. The van der Waals surface area contributed by atoms with Crippen LogP contribution in [0.25, 0.3) is 0 Å². The maximum Gasteiger partial charge on any atom is 0.230 e. The lowest BCUT2D eigenvalue weighted by Crippen LogP contribution is -2.27. The van der Waals surface area contributed by atoms with Gasteiger partial charge in [0.25, 0.3) is 0 Å². The van der Waals surface area contributed by atoms with E-state index in [2.05, 4.69) is 31.3 Å². The van der Waals surface area contributed by atoms with Crippen LogP contribution < -0.4 is 5.32 Å². The highest BCUT2D eigenvalue weighted by molar-refractivity contribution is 8.00. The number of aliphatic hydroxyl groups excluding tert-OH is 1. The van der Waals surface area contributed by atoms with Gasteiger partial charge in [-0.3, -0.25) is 4.79 Å². The summed E-state index contributed by atoms with van der Waals surface area (Å²) >= 11 is 1.51. The van der Waals surface area contributed by atoms with Crippen LogP contribution in [-0.4, -0.2) is 29.9 Å². The van der Waals surface area contributed by atoms with E-state index in [1.807, 2.05) is 6.07 Å². The number of thioether (sulfide) groups is 1. The summed E-state index contributed by atoms with van der Waals surface area (Å²) < 4.78 is 0. The van der Waals surface area contributed by atoms with Gasteiger partial charge in [-0.15, -0.1) is 11.8 Å². The Bertz CT molecular complexity index is 366. The Hall–Kier alpha value is -1.00. The Labute approximate surface area is 100 Å². The Kier molecular flexibility index (Phi) is 5.35. The predicted octanol–water partition coefficient (Wildman–Crippen LogP) is 1.50. The van der Waals surface area contributed by atoms with E-state index in [0.717, 1.165) is 4.90 Å². The van der Waals surface area contributed by atoms with E-state index in [1.54, 1.807) is 0 Å². The molecule has 0 heterocycles. The fourth-order valence-electron chi connectivity index (χ4n) is 1.20. The zero-order valence-corrected chi connectivity index (χ0v) is 10.4. The molecule has 1 aromatic carbocycles. The van der Waals surface area contributed by atoms with E-state index in [9.17, 15) is 4.79 Å². The second kappa shape index (κ2) is 6.55. The number of aliphatic hydroxyl groups is 1. The van der Waals surface area contributed by atoms with Crippen molar-refractivity contribution in [2.24, 2.45) is 0 Å². The number of carbonyl (C=O) groups excluding carboxylic acids is 1. The molecule has 2 N–H and O–H groups in total. The SMILES string of the molecule is Cc1ccc(SCC(=O)NCCO)cc1C. The highest BCUT2D eigenvalue weighted by Crippen LogP contribution is 2.20. The molecule has 0 saturated heterocycles. The third kappa shape index (κ3) is 4.24. The van der Waals surface area contributed by atoms with Gasteiger partial charge in [-0.25, -0.2) is 0 Å². The summed E-state index contributed by atoms with van der Waals surface area (Å²) in [5, 5.41) is 11.2. The normalized spacial score (nSPS) is 10.2. The number of hydrogen-bond acceptors (Lipinski definition) is 3. The molecular formula is C12H17NO2S. The smallest absolute Gasteiger partial charge is 0.230 e. The lowest BCUT2D eigenvalue weighted by molar-refractivity contribution is -0.118. The van der Waals surface area contributed by atoms with E-state index in [1.165, 1.54) is 22.9 Å². The fraction of sp³-hybridized carbons (Fsp3) is 0.417. The molecule has 88 valence electrons. The van der Waals surface area contributed by atoms with Gasteiger partial charge < -0.3 is 10.4 Å². The molecule has 0 atom stereocenters. The van der Waals surface area contributed by atoms with Gasteiger partial charge in [0, 0.05) is 11.4 Å². The summed E-state index contributed by atoms with van der Waals surface area (Å²) in [5.41, 5.74) is 2.50. The number of hydrogen-bond donors (Lipinski definition) is 2. The highest BCUT2D eigenvalue weighted by Gasteiger charge is 2.02. The fourth-order valence-corrected chi connectivity index (χ4v) is 2.02. The highest BCUT2D eigenvalue weighted by atomic mass is 32.2. The van der Waals surface area contributed by atoms with Crippen LogP contribution in [0.5, 0.6) is 0 Å². The monoisotopic (exact) mass is 239 g/mol. The molecule has 3 nitrogen and oxygen atoms in total. The van der Waals surface area contributed by atoms with Gasteiger partial charge in [0.2, 0.25) is 5.91 Å². The molecule has 16 heavy (non-hydrogen) atoms. The van der Waals surface area contributed by atoms with Crippen LogP contribution in [0.1, 0.15) is 11.1 Å². The lowest BCUT2D eigenvalue weighted by Gasteiger charge is -2.05. The maximum absolute atomic E-state index is 11.3. The van der Waals surface area contributed by atoms with E-state index in [-0.39, 0.29) is 12.5 Å². The number of carbonyl (C=O) groups is 1. The van der Waals surface area contributed by atoms with Crippen LogP contribution in [-0.2, 0) is 4.79 Å². The molecule has 0 aromatic heterocycles. The van der Waals surface area contributed by atoms with Crippen molar-refractivity contribution >= 4 is 17.7 Å². The van der Waals surface area contributed by atoms with Crippen molar-refractivity contribution in [3.63, 3.8) is 0 Å². The molecule has 1 aromatic rings. The minimum Gasteiger partial charge on any atom is -0.395 e. The Morgan fingerprint density at radius 1 is 1.38 bits per heavy atom. The first-order valence-electron chi connectivity index (χ1n) is 5.21. The van der Waals surface area contributed by atoms with Crippen LogP contribution in [0.3, 0.4) is 0 Å². The van der Waals surface area contributed by atoms with E-state index in [0.29, 0.717) is 12.3 Å². The Balaban J connectivity index is 2.42. The van der Waals surface area contributed by atoms with Gasteiger partial charge >= 0.3 is 0 Å². The molecule has 0 aliphatic carbocycles. The van der Waals surface area contributed by atoms with Gasteiger partial charge in [-0.2, -0.15) is 0 Å². The van der Waals surface area contributed by atoms with Crippen molar-refractivity contribution in [1.82, 2.24) is 5.32 Å². The predicted molar refractivity (Wildman–Crippen MR) is 66.7 cm³/mol. The third-order valence-electron chi connectivity index (χ3n) is 2.28. The second-order valence-electron chi connectivity index (χ2n) is 3.61. The first kappa shape index (κ1) is 13.1. The lowest BCUT2D eigenvalue weighted by atomic mass is 10.1. The van der Waals surface area contributed by atoms with Crippen LogP contribution >= 0.6 is 11.8 Å². The zero-order chi connectivity index (χ0) is 12.0. The summed E-state index contributed by atoms with van der Waals surface area (Å²) in [6.45, 7) is 4.44. The number of amides is 1. The molecular weight excluding hydrogens is 222 g/mol. The summed E-state index contributed by atoms with van der Waals surface area (Å²) in [4.78, 5) is 12.4. The van der Waals surface area contributed by atoms with Crippen LogP contribution in [0.2, 0.25) is 0 Å². The first-order chi connectivity index (χ1) is 7.63. The van der Waals surface area contributed by atoms with Gasteiger partial charge in [0.1, 0.15) is 0 Å². The molecule has 0 spiro atoms. The van der Waals surface area contributed by atoms with Crippen molar-refractivity contribution in [1.29, 1.82) is 0 Å². The van der Waals surface area contributed by atoms with Crippen molar-refractivity contribution in [2.45, 2.75) is 18.7 Å². The zero-order valence-electron chi connectivity index (χ0n) is 9.62. The molecule has 0 aliphatic rings. The maximum atomic E-state index is 11.3. The molecule has 1 amide bonds. The van der Waals surface area contributed by atoms with Gasteiger partial charge in [0.15, 0.2) is 0 Å². The van der Waals surface area contributed by atoms with Gasteiger partial charge in [0.05, 0.1) is 12.4 Å². The molecule has 0 bridgehead atoms. The van der Waals surface area contributed by atoms with Crippen molar-refractivity contribution in [2.75, 3.05) is 18.9 Å². The molecule has 0 saturated carbocycles. The summed E-state index contributed by atoms with van der Waals surface area (Å²) in [6.07, 6.45) is 0. The topological polar surface area (TPSA) is 49.3 Å². The van der Waals surface area contributed by atoms with Crippen molar-refractivity contribution < 1.29 is 9.90 Å². The Morgan fingerprint density at radius 3 is 2.75 bits per heavy atom. The van der Waals surface area contributed by atoms with E-state index < -0.39 is 0 Å². The molecule has 0 radical (unpaired) electrons. The molecule has 4 heteroatoms. The van der Waals surface area contributed by atoms with Gasteiger partial charge in [-0.1, -0.05) is 6.07 Å². The number of aryl methyl sites for hydroxylation is 2. The summed E-state index contributed by atoms with van der Waals surface area (Å²) in [6, 6.07) is 6.16. The van der Waals surface area contributed by atoms with Crippen molar-refractivity contribution in [3.8, 4) is 0 Å². The first-order valence-corrected chi connectivity index (χ1v) is 6.19. The van der Waals surface area contributed by atoms with Crippen LogP contribution in [0.15, 0.2) is 23.1 Å².